The molecule has 0 amide bonds. The van der Waals surface area contributed by atoms with Gasteiger partial charge in [0.1, 0.15) is 42.7 Å². The van der Waals surface area contributed by atoms with Crippen LogP contribution < -0.4 is 5.73 Å². The number of nitrogens with two attached hydrogens (primary N) is 1. The second-order valence-electron chi connectivity index (χ2n) is 9.41. The van der Waals surface area contributed by atoms with Gasteiger partial charge in [-0.15, -0.1) is 0 Å². The molecule has 212 valence electrons. The quantitative estimate of drug-likeness (QED) is 0.149. The Hall–Kier alpha value is -2.65. The molecule has 0 aromatic heterocycles. The van der Waals surface area contributed by atoms with E-state index in [9.17, 15) is 20.4 Å². The number of aliphatic hydroxyl groups is 4. The second kappa shape index (κ2) is 14.1. The van der Waals surface area contributed by atoms with Crippen LogP contribution in [0, 0.1) is 0 Å². The van der Waals surface area contributed by atoms with Crippen LogP contribution in [-0.4, -0.2) is 94.9 Å². The van der Waals surface area contributed by atoms with E-state index >= 15 is 0 Å². The highest BCUT2D eigenvalue weighted by molar-refractivity contribution is 5.14. The lowest BCUT2D eigenvalue weighted by atomic mass is 9.95. The van der Waals surface area contributed by atoms with Gasteiger partial charge >= 0.3 is 0 Å². The number of aliphatic hydroxyl groups excluding tert-OH is 4. The highest BCUT2D eigenvalue weighted by atomic mass is 16.7. The van der Waals surface area contributed by atoms with Crippen molar-refractivity contribution in [2.45, 2.75) is 74.5 Å². The molecular formula is C26H34N4O9. The van der Waals surface area contributed by atoms with E-state index in [-0.39, 0.29) is 19.8 Å². The maximum absolute atomic E-state index is 10.6. The lowest BCUT2D eigenvalue weighted by Gasteiger charge is -2.47. The Balaban J connectivity index is 1.58. The van der Waals surface area contributed by atoms with Crippen molar-refractivity contribution in [2.24, 2.45) is 10.8 Å². The maximum atomic E-state index is 10.6. The van der Waals surface area contributed by atoms with Crippen LogP contribution in [0.5, 0.6) is 0 Å². The SMILES string of the molecule is [N-]=[N+]=N[C@@H]1O[C@H](COCc2ccccc2)[C@@H](O[C@@H]2O[C@H](CO)[C@H](O)[C@H](O)[C@H]2O)[C@H](OCc2ccccc2)[C@H]1N. The zero-order valence-corrected chi connectivity index (χ0v) is 21.1. The average Bonchev–Trinajstić information content (AvgIpc) is 2.96. The van der Waals surface area contributed by atoms with Crippen LogP contribution >= 0.6 is 0 Å². The molecule has 2 aliphatic heterocycles. The number of nitrogens with zero attached hydrogens (tertiary/aromatic N) is 3. The molecule has 6 N–H and O–H groups in total. The van der Waals surface area contributed by atoms with Crippen molar-refractivity contribution < 1.29 is 44.1 Å². The van der Waals surface area contributed by atoms with Crippen molar-refractivity contribution in [2.75, 3.05) is 13.2 Å². The van der Waals surface area contributed by atoms with Gasteiger partial charge in [-0.1, -0.05) is 65.8 Å². The van der Waals surface area contributed by atoms with Crippen molar-refractivity contribution in [3.63, 3.8) is 0 Å². The summed E-state index contributed by atoms with van der Waals surface area (Å²) in [7, 11) is 0. The van der Waals surface area contributed by atoms with Crippen molar-refractivity contribution in [1.82, 2.24) is 0 Å². The van der Waals surface area contributed by atoms with Crippen molar-refractivity contribution in [3.8, 4) is 0 Å². The lowest BCUT2D eigenvalue weighted by molar-refractivity contribution is -0.338. The van der Waals surface area contributed by atoms with Gasteiger partial charge in [0.05, 0.1) is 32.5 Å². The summed E-state index contributed by atoms with van der Waals surface area (Å²) in [6, 6.07) is 17.8. The van der Waals surface area contributed by atoms with E-state index in [0.717, 1.165) is 11.1 Å². The number of benzene rings is 2. The third-order valence-corrected chi connectivity index (χ3v) is 6.70. The third kappa shape index (κ3) is 7.31. The fraction of sp³-hybridized carbons (Fsp3) is 0.538. The zero-order chi connectivity index (χ0) is 27.8. The number of hydrogen-bond acceptors (Lipinski definition) is 11. The molecule has 2 fully saturated rings. The molecule has 10 atom stereocenters. The van der Waals surface area contributed by atoms with Crippen LogP contribution in [0.25, 0.3) is 10.4 Å². The van der Waals surface area contributed by atoms with E-state index in [2.05, 4.69) is 10.0 Å². The van der Waals surface area contributed by atoms with Crippen molar-refractivity contribution in [3.05, 3.63) is 82.2 Å². The molecule has 0 spiro atoms. The molecule has 2 heterocycles. The highest BCUT2D eigenvalue weighted by Gasteiger charge is 2.50. The summed E-state index contributed by atoms with van der Waals surface area (Å²) in [6.45, 7) is -0.274. The predicted octanol–water partition coefficient (Wildman–Crippen LogP) is 0.336. The Bertz CT molecular complexity index is 1060. The van der Waals surface area contributed by atoms with Gasteiger partial charge in [-0.05, 0) is 16.7 Å². The van der Waals surface area contributed by atoms with E-state index in [1.54, 1.807) is 0 Å². The van der Waals surface area contributed by atoms with Gasteiger partial charge in [-0.2, -0.15) is 0 Å². The van der Waals surface area contributed by atoms with Crippen LogP contribution in [0.3, 0.4) is 0 Å². The summed E-state index contributed by atoms with van der Waals surface area (Å²) in [5, 5.41) is 44.3. The number of rotatable bonds is 11. The first-order chi connectivity index (χ1) is 18.9. The van der Waals surface area contributed by atoms with Gasteiger partial charge in [0, 0.05) is 4.91 Å². The molecule has 39 heavy (non-hydrogen) atoms. The molecule has 13 heteroatoms. The Morgan fingerprint density at radius 1 is 0.846 bits per heavy atom. The van der Waals surface area contributed by atoms with Crippen LogP contribution in [0.1, 0.15) is 11.1 Å². The largest absolute Gasteiger partial charge is 0.394 e. The van der Waals surface area contributed by atoms with Crippen LogP contribution in [-0.2, 0) is 36.9 Å². The normalized spacial score (nSPS) is 34.8. The van der Waals surface area contributed by atoms with Crippen LogP contribution in [0.2, 0.25) is 0 Å². The van der Waals surface area contributed by atoms with E-state index in [1.165, 1.54) is 0 Å². The van der Waals surface area contributed by atoms with Gasteiger partial charge in [0.25, 0.3) is 0 Å². The molecule has 13 nitrogen and oxygen atoms in total. The highest BCUT2D eigenvalue weighted by Crippen LogP contribution is 2.31. The molecule has 0 aliphatic carbocycles. The Labute approximate surface area is 225 Å². The summed E-state index contributed by atoms with van der Waals surface area (Å²) in [4.78, 5) is 2.85. The minimum absolute atomic E-state index is 0.0354. The molecule has 0 unspecified atom stereocenters. The van der Waals surface area contributed by atoms with Gasteiger partial charge in [-0.25, -0.2) is 0 Å². The molecule has 0 saturated carbocycles. The summed E-state index contributed by atoms with van der Waals surface area (Å²) in [5.41, 5.74) is 17.3. The fourth-order valence-electron chi connectivity index (χ4n) is 4.57. The monoisotopic (exact) mass is 546 g/mol. The average molecular weight is 547 g/mol. The van der Waals surface area contributed by atoms with Gasteiger partial charge in [0.15, 0.2) is 12.5 Å². The smallest absolute Gasteiger partial charge is 0.187 e. The van der Waals surface area contributed by atoms with Crippen molar-refractivity contribution in [1.29, 1.82) is 0 Å². The summed E-state index contributed by atoms with van der Waals surface area (Å²) >= 11 is 0. The van der Waals surface area contributed by atoms with E-state index in [0.29, 0.717) is 0 Å². The number of ether oxygens (including phenoxy) is 5. The molecule has 2 aromatic rings. The Morgan fingerprint density at radius 3 is 2.10 bits per heavy atom. The standard InChI is InChI=1S/C26H34N4O9/c27-19-24(36-13-16-9-5-2-6-10-16)23(39-26-22(34)21(33)20(32)17(11-31)38-26)18(37-25(19)29-30-28)14-35-12-15-7-3-1-4-8-15/h1-10,17-26,31-34H,11-14,27H2/t17-,18-,19-,20+,21+,22-,23-,24-,25-,26+/m1/s1. The summed E-state index contributed by atoms with van der Waals surface area (Å²) < 4.78 is 29.7. The summed E-state index contributed by atoms with van der Waals surface area (Å²) in [5.74, 6) is 0. The molecular weight excluding hydrogens is 512 g/mol. The lowest BCUT2D eigenvalue weighted by Crippen LogP contribution is -2.66. The Kier molecular flexibility index (Phi) is 10.6. The topological polar surface area (TPSA) is 202 Å². The third-order valence-electron chi connectivity index (χ3n) is 6.70. The molecule has 0 bridgehead atoms. The molecule has 2 saturated heterocycles. The number of hydrogen-bond donors (Lipinski definition) is 5. The second-order valence-corrected chi connectivity index (χ2v) is 9.41. The fourth-order valence-corrected chi connectivity index (χ4v) is 4.57. The maximum Gasteiger partial charge on any atom is 0.187 e. The summed E-state index contributed by atoms with van der Waals surface area (Å²) in [6.07, 6.45) is -11.5. The van der Waals surface area contributed by atoms with Gasteiger partial charge in [-0.3, -0.25) is 0 Å². The first-order valence-corrected chi connectivity index (χ1v) is 12.6. The molecule has 2 aliphatic rings. The minimum atomic E-state index is -1.66. The van der Waals surface area contributed by atoms with E-state index < -0.39 is 67.9 Å². The first-order valence-electron chi connectivity index (χ1n) is 12.6. The van der Waals surface area contributed by atoms with Gasteiger partial charge in [0.2, 0.25) is 0 Å². The van der Waals surface area contributed by atoms with E-state index in [1.807, 2.05) is 60.7 Å². The first kappa shape index (κ1) is 29.3. The molecule has 2 aromatic carbocycles. The van der Waals surface area contributed by atoms with E-state index in [4.69, 9.17) is 34.9 Å². The number of azide groups is 1. The zero-order valence-electron chi connectivity index (χ0n) is 21.1. The van der Waals surface area contributed by atoms with Crippen molar-refractivity contribution >= 4 is 0 Å². The van der Waals surface area contributed by atoms with Crippen LogP contribution in [0.4, 0.5) is 0 Å². The Morgan fingerprint density at radius 2 is 1.49 bits per heavy atom. The predicted molar refractivity (Wildman–Crippen MR) is 136 cm³/mol. The van der Waals surface area contributed by atoms with Gasteiger partial charge < -0.3 is 49.8 Å². The minimum Gasteiger partial charge on any atom is -0.394 e. The molecule has 0 radical (unpaired) electrons. The van der Waals surface area contributed by atoms with Crippen LogP contribution in [0.15, 0.2) is 65.8 Å². The molecule has 4 rings (SSSR count).